The first-order chi connectivity index (χ1) is 65.0. The summed E-state index contributed by atoms with van der Waals surface area (Å²) in [6.45, 7) is 47.6. The van der Waals surface area contributed by atoms with E-state index in [-0.39, 0.29) is 104 Å². The van der Waals surface area contributed by atoms with Crippen LogP contribution >= 0.6 is 45.3 Å². The topological polar surface area (TPSA) is 430 Å². The molecule has 12 N–H and O–H groups in total. The number of likely N-dealkylation sites (tertiary alicyclic amines) is 3. The van der Waals surface area contributed by atoms with Crippen LogP contribution in [-0.2, 0) is 0 Å². The molecule has 766 valence electrons. The van der Waals surface area contributed by atoms with E-state index in [4.69, 9.17) is 0 Å². The third kappa shape index (κ3) is 30.6. The summed E-state index contributed by atoms with van der Waals surface area (Å²) in [4.78, 5) is 149. The van der Waals surface area contributed by atoms with Gasteiger partial charge >= 0.3 is 0 Å². The summed E-state index contributed by atoms with van der Waals surface area (Å²) in [5.74, 6) is -6.52. The molecule has 8 aromatic heterocycles. The fraction of sp³-hybridized carbons (Fsp3) is 0.600. The molecule has 8 amide bonds. The number of hydrogen-bond acceptors (Lipinski definition) is 28. The van der Waals surface area contributed by atoms with E-state index in [2.05, 4.69) is 152 Å². The second-order valence-corrected chi connectivity index (χ2v) is 46.7. The van der Waals surface area contributed by atoms with Crippen molar-refractivity contribution in [1.29, 1.82) is 0 Å². The van der Waals surface area contributed by atoms with E-state index in [0.717, 1.165) is 142 Å². The molecule has 0 aromatic carbocycles. The van der Waals surface area contributed by atoms with Crippen LogP contribution in [0.2, 0.25) is 0 Å². The summed E-state index contributed by atoms with van der Waals surface area (Å²) in [7, 11) is 0. The molecular formula is C100H142F4N20O12S4. The van der Waals surface area contributed by atoms with Crippen molar-refractivity contribution in [1.82, 2.24) is 80.7 Å². The van der Waals surface area contributed by atoms with Gasteiger partial charge in [-0.25, -0.2) is 57.4 Å². The Morgan fingerprint density at radius 3 is 0.921 bits per heavy atom. The van der Waals surface area contributed by atoms with Crippen molar-refractivity contribution in [3.05, 3.63) is 114 Å². The number of piperidine rings is 1. The number of aryl methyl sites for hydroxylation is 4. The van der Waals surface area contributed by atoms with Crippen molar-refractivity contribution >= 4 is 116 Å². The Bertz CT molecular complexity index is 5740. The minimum atomic E-state index is -2.98. The summed E-state index contributed by atoms with van der Waals surface area (Å²) in [6, 6.07) is 7.46. The van der Waals surface area contributed by atoms with Crippen LogP contribution in [-0.4, -0.2) is 263 Å². The van der Waals surface area contributed by atoms with E-state index in [1.807, 2.05) is 68.7 Å². The van der Waals surface area contributed by atoms with Gasteiger partial charge in [-0.3, -0.25) is 38.4 Å². The number of anilines is 4. The molecular weight excluding hydrogens is 1880 g/mol. The molecule has 13 rings (SSSR count). The molecule has 5 atom stereocenters. The van der Waals surface area contributed by atoms with Crippen molar-refractivity contribution in [2.24, 2.45) is 10.8 Å². The number of amides is 8. The predicted octanol–water partition coefficient (Wildman–Crippen LogP) is 16.9. The number of carbonyl (C=O) groups is 8. The second kappa shape index (κ2) is 45.5. The molecule has 8 aromatic rings. The van der Waals surface area contributed by atoms with E-state index >= 15 is 0 Å². The van der Waals surface area contributed by atoms with Gasteiger partial charge in [-0.1, -0.05) is 55.4 Å². The molecule has 0 saturated carbocycles. The van der Waals surface area contributed by atoms with E-state index in [1.165, 1.54) is 22.7 Å². The summed E-state index contributed by atoms with van der Waals surface area (Å²) in [5, 5.41) is 64.3. The van der Waals surface area contributed by atoms with Crippen LogP contribution in [0.4, 0.5) is 40.8 Å². The van der Waals surface area contributed by atoms with Gasteiger partial charge in [-0.15, -0.1) is 45.3 Å². The smallest absolute Gasteiger partial charge is 0.280 e. The number of fused-ring (bicyclic) bond motifs is 2. The Hall–Kier alpha value is -10.4. The Labute approximate surface area is 835 Å². The van der Waals surface area contributed by atoms with Crippen LogP contribution in [0.25, 0.3) is 41.8 Å². The maximum absolute atomic E-state index is 14.0. The number of aromatic nitrogens is 8. The zero-order chi connectivity index (χ0) is 104. The van der Waals surface area contributed by atoms with Gasteiger partial charge in [0.25, 0.3) is 59.1 Å². The van der Waals surface area contributed by atoms with Gasteiger partial charge in [0.2, 0.25) is 0 Å². The van der Waals surface area contributed by atoms with Crippen LogP contribution in [0, 0.1) is 38.5 Å². The number of thiazole rings is 4. The first-order valence-electron chi connectivity index (χ1n) is 47.9. The van der Waals surface area contributed by atoms with Crippen LogP contribution in [0.3, 0.4) is 0 Å². The summed E-state index contributed by atoms with van der Waals surface area (Å²) in [5.41, 5.74) is 2.60. The quantitative estimate of drug-likeness (QED) is 0.0186. The lowest BCUT2D eigenvalue weighted by atomic mass is 9.97. The second-order valence-electron chi connectivity index (χ2n) is 42.7. The highest BCUT2D eigenvalue weighted by atomic mass is 32.1. The van der Waals surface area contributed by atoms with Gasteiger partial charge in [0.1, 0.15) is 46.0 Å². The third-order valence-corrected chi connectivity index (χ3v) is 28.5. The molecule has 13 heterocycles. The molecule has 0 aliphatic carbocycles. The lowest BCUT2D eigenvalue weighted by Gasteiger charge is -2.33. The first kappa shape index (κ1) is 112. The van der Waals surface area contributed by atoms with Crippen molar-refractivity contribution in [3.8, 4) is 41.8 Å². The molecule has 5 fully saturated rings. The molecule has 5 aliphatic heterocycles. The predicted molar refractivity (Wildman–Crippen MR) is 544 cm³/mol. The van der Waals surface area contributed by atoms with Crippen molar-refractivity contribution < 1.29 is 76.3 Å². The van der Waals surface area contributed by atoms with Gasteiger partial charge < -0.3 is 82.6 Å². The van der Waals surface area contributed by atoms with E-state index in [1.54, 1.807) is 94.0 Å². The highest BCUT2D eigenvalue weighted by Crippen LogP contribution is 2.45. The molecule has 0 unspecified atom stereocenters. The molecule has 5 saturated heterocycles. The Balaban J connectivity index is 0.000000192. The standard InChI is InChI=1S/C26H37N5O3S.C25H35F2N5O3S.C25H37N5O3S.C24H33F2N5O3S/c1-15-11-19(28-13-25(2,3)4)27-12-18(15)21-20(24(33)31-16-7-8-17(31)10-9-16)30-23(35-21)22(32)29-14-26(5,6)34;1-14-8-17(29-11-23(3,4)5)28-10-16(14)19-18(22(34)32-13-25(26,27)9-15(32)2)31-21(36-19)20(33)30-12-24(6,7)35;1-7-16(3)28-19-12-15(2)18(13-26-19)21-20(24(32)30-11-9-8-10-17(30)4)29-23(34-21)22(31)27-14-25(5,6)33;1-7-14(3)29-17-8-13(2)16(10-27-17)19-18(22(33)31-12-24(25,26)9-15(31)4)30-21(35-19)20(32)28-11-23(5,6)34/h11-12,16-17,34H,7-10,13-14H2,1-6H3,(H,27,28)(H,29,32);8,10,15,35H,9,11-13H2,1-7H3,(H,28,29)(H,30,33);12-13,16-17,33H,7-11,14H2,1-6H3,(H,26,28)(H,27,31);8,10,14-15,34H,7,9,11-12H2,1-6H3,(H,27,29)(H,28,32)/t;15-;16-,17+;14-,15+/m.011/s1. The van der Waals surface area contributed by atoms with E-state index in [9.17, 15) is 76.3 Å². The largest absolute Gasteiger partial charge is 0.389 e. The molecule has 0 spiro atoms. The Morgan fingerprint density at radius 1 is 0.400 bits per heavy atom. The summed E-state index contributed by atoms with van der Waals surface area (Å²) in [6.07, 6.45) is 14.9. The highest BCUT2D eigenvalue weighted by molar-refractivity contribution is 7.18. The Morgan fingerprint density at radius 2 is 0.671 bits per heavy atom. The molecule has 5 aliphatic rings. The van der Waals surface area contributed by atoms with Gasteiger partial charge in [0.15, 0.2) is 20.0 Å². The monoisotopic (exact) mass is 2020 g/mol. The summed E-state index contributed by atoms with van der Waals surface area (Å²) < 4.78 is 56.1. The SMILES string of the molecule is CC[C@@H](C)Nc1cc(C)c(-c2sc(C(=O)NCC(C)(C)O)nc2C(=O)N2CC(F)(F)C[C@@H]2C)cn1.CC[C@@H](C)Nc1cc(C)c(-c2sc(C(=O)NCC(C)(C)O)nc2C(=O)N2CCCC[C@@H]2C)cn1.Cc1cc(NCC(C)(C)C)ncc1-c1sc(C(=O)NCC(C)(C)O)nc1C(=O)N1C2CCC1CC2.Cc1cc(NCC(C)(C)C)ncc1-c1sc(C(=O)NCC(C)(C)O)nc1C(=O)N1CC(F)(F)C[C@@H]1C. The number of aliphatic hydroxyl groups is 4. The van der Waals surface area contributed by atoms with Gasteiger partial charge in [0, 0.05) is 148 Å². The summed E-state index contributed by atoms with van der Waals surface area (Å²) >= 11 is 4.39. The van der Waals surface area contributed by atoms with Crippen LogP contribution in [0.15, 0.2) is 49.1 Å². The van der Waals surface area contributed by atoms with Gasteiger partial charge in [0.05, 0.1) is 55.0 Å². The number of pyridine rings is 4. The molecule has 2 bridgehead atoms. The van der Waals surface area contributed by atoms with Crippen LogP contribution < -0.4 is 42.5 Å². The average Bonchev–Trinajstić information content (AvgIpc) is 1.61. The molecule has 0 radical (unpaired) electrons. The Kier molecular flexibility index (Phi) is 36.3. The first-order valence-corrected chi connectivity index (χ1v) is 51.2. The fourth-order valence-electron chi connectivity index (χ4n) is 16.2. The maximum atomic E-state index is 14.0. The highest BCUT2D eigenvalue weighted by Gasteiger charge is 2.49. The molecule has 40 heteroatoms. The van der Waals surface area contributed by atoms with Crippen LogP contribution in [0.1, 0.15) is 319 Å². The number of halogens is 4. The van der Waals surface area contributed by atoms with Crippen LogP contribution in [0.5, 0.6) is 0 Å². The minimum Gasteiger partial charge on any atom is -0.389 e. The zero-order valence-electron chi connectivity index (χ0n) is 85.4. The number of carbonyl (C=O) groups excluding carboxylic acids is 8. The van der Waals surface area contributed by atoms with Gasteiger partial charge in [-0.05, 0) is 233 Å². The molecule has 140 heavy (non-hydrogen) atoms. The lowest BCUT2D eigenvalue weighted by molar-refractivity contribution is 0.0115. The zero-order valence-corrected chi connectivity index (χ0v) is 88.6. The van der Waals surface area contributed by atoms with Gasteiger partial charge in [-0.2, -0.15) is 0 Å². The lowest BCUT2D eigenvalue weighted by Crippen LogP contribution is -2.42. The average molecular weight is 2020 g/mol. The maximum Gasteiger partial charge on any atom is 0.280 e. The number of alkyl halides is 4. The van der Waals surface area contributed by atoms with Crippen molar-refractivity contribution in [2.75, 3.05) is 80.2 Å². The van der Waals surface area contributed by atoms with Crippen molar-refractivity contribution in [2.45, 2.75) is 320 Å². The number of nitrogens with zero attached hydrogens (tertiary/aromatic N) is 12. The normalized spacial score (nSPS) is 18.4. The number of nitrogens with one attached hydrogen (secondary N) is 8. The fourth-order valence-corrected chi connectivity index (χ4v) is 20.4. The number of rotatable bonds is 30. The number of hydrogen-bond donors (Lipinski definition) is 12. The molecule has 32 nitrogen and oxygen atoms in total. The van der Waals surface area contributed by atoms with E-state index < -0.39 is 108 Å². The third-order valence-electron chi connectivity index (χ3n) is 24.2. The van der Waals surface area contributed by atoms with Crippen molar-refractivity contribution in [3.63, 3.8) is 0 Å². The van der Waals surface area contributed by atoms with E-state index in [0.29, 0.717) is 72.8 Å². The minimum absolute atomic E-state index is 0.00513.